The van der Waals surface area contributed by atoms with Crippen molar-refractivity contribution in [3.63, 3.8) is 0 Å². The number of anilines is 1. The van der Waals surface area contributed by atoms with Crippen molar-refractivity contribution in [1.82, 2.24) is 10.2 Å². The van der Waals surface area contributed by atoms with Gasteiger partial charge in [0.1, 0.15) is 34.1 Å². The molecule has 2 aromatic rings. The lowest BCUT2D eigenvalue weighted by molar-refractivity contribution is -0.148. The van der Waals surface area contributed by atoms with Crippen molar-refractivity contribution in [2.24, 2.45) is 0 Å². The molecule has 2 N–H and O–H groups in total. The van der Waals surface area contributed by atoms with Crippen LogP contribution in [-0.4, -0.2) is 28.5 Å². The van der Waals surface area contributed by atoms with Crippen LogP contribution in [0.15, 0.2) is 33.8 Å². The van der Waals surface area contributed by atoms with E-state index in [1.165, 1.54) is 11.8 Å². The number of cyclic esters (lactones) is 1. The maximum Gasteiger partial charge on any atom is 0.329 e. The molecule has 2 atom stereocenters. The van der Waals surface area contributed by atoms with Crippen molar-refractivity contribution in [2.45, 2.75) is 30.0 Å². The minimum absolute atomic E-state index is 0.346. The number of thioether (sulfide) groups is 1. The molecule has 1 aromatic carbocycles. The number of carbonyl (C=O) groups is 1. The molecule has 0 radical (unpaired) electrons. The minimum Gasteiger partial charge on any atom is -0.453 e. The second kappa shape index (κ2) is 6.49. The Morgan fingerprint density at radius 2 is 2.38 bits per heavy atom. The van der Waals surface area contributed by atoms with Crippen molar-refractivity contribution >= 4 is 39.5 Å². The Bertz CT molecular complexity index is 832. The average molecular weight is 407 g/mol. The van der Waals surface area contributed by atoms with E-state index in [-0.39, 0.29) is 5.97 Å². The van der Waals surface area contributed by atoms with E-state index in [1.807, 2.05) is 37.4 Å². The van der Waals surface area contributed by atoms with E-state index in [1.54, 1.807) is 0 Å². The van der Waals surface area contributed by atoms with Gasteiger partial charge in [0.15, 0.2) is 0 Å². The maximum absolute atomic E-state index is 12.3. The SMILES string of the molecule is CSc1n[nH]c(NC2CC(C)(c3cccc(Br)c3)OC2=O)c1C#N. The van der Waals surface area contributed by atoms with Gasteiger partial charge in [0.25, 0.3) is 0 Å². The monoisotopic (exact) mass is 406 g/mol. The van der Waals surface area contributed by atoms with E-state index in [9.17, 15) is 10.1 Å². The molecule has 1 saturated heterocycles. The zero-order valence-electron chi connectivity index (χ0n) is 13.1. The molecule has 8 heteroatoms. The molecular formula is C16H15BrN4O2S. The molecule has 2 unspecified atom stereocenters. The number of H-pyrrole nitrogens is 1. The number of nitriles is 1. The van der Waals surface area contributed by atoms with E-state index in [2.05, 4.69) is 37.5 Å². The summed E-state index contributed by atoms with van der Waals surface area (Å²) in [5.41, 5.74) is 0.615. The fourth-order valence-corrected chi connectivity index (χ4v) is 3.66. The number of nitrogens with one attached hydrogen (secondary N) is 2. The van der Waals surface area contributed by atoms with Gasteiger partial charge in [-0.15, -0.1) is 11.8 Å². The number of halogens is 1. The van der Waals surface area contributed by atoms with Crippen molar-refractivity contribution in [3.05, 3.63) is 39.9 Å². The Kier molecular flexibility index (Phi) is 4.56. The molecule has 1 aliphatic rings. The molecule has 0 aliphatic carbocycles. The minimum atomic E-state index is -0.715. The van der Waals surface area contributed by atoms with Crippen LogP contribution in [0.3, 0.4) is 0 Å². The van der Waals surface area contributed by atoms with Gasteiger partial charge in [-0.3, -0.25) is 5.10 Å². The Balaban J connectivity index is 1.83. The van der Waals surface area contributed by atoms with Gasteiger partial charge in [-0.05, 0) is 30.9 Å². The summed E-state index contributed by atoms with van der Waals surface area (Å²) in [6.45, 7) is 1.89. The van der Waals surface area contributed by atoms with Crippen molar-refractivity contribution < 1.29 is 9.53 Å². The summed E-state index contributed by atoms with van der Waals surface area (Å²) < 4.78 is 6.57. The fraction of sp³-hybridized carbons (Fsp3) is 0.312. The van der Waals surface area contributed by atoms with Gasteiger partial charge < -0.3 is 10.1 Å². The summed E-state index contributed by atoms with van der Waals surface area (Å²) in [6.07, 6.45) is 2.30. The van der Waals surface area contributed by atoms with E-state index in [0.29, 0.717) is 22.8 Å². The molecule has 1 fully saturated rings. The smallest absolute Gasteiger partial charge is 0.329 e. The largest absolute Gasteiger partial charge is 0.453 e. The second-order valence-electron chi connectivity index (χ2n) is 5.66. The maximum atomic E-state index is 12.3. The molecule has 0 saturated carbocycles. The molecule has 124 valence electrons. The summed E-state index contributed by atoms with van der Waals surface area (Å²) in [6, 6.07) is 9.27. The van der Waals surface area contributed by atoms with Gasteiger partial charge >= 0.3 is 5.97 Å². The lowest BCUT2D eigenvalue weighted by Gasteiger charge is -2.23. The molecule has 6 nitrogen and oxygen atoms in total. The average Bonchev–Trinajstić information content (AvgIpc) is 3.08. The molecule has 1 aromatic heterocycles. The Morgan fingerprint density at radius 3 is 3.04 bits per heavy atom. The van der Waals surface area contributed by atoms with Crippen LogP contribution < -0.4 is 5.32 Å². The lowest BCUT2D eigenvalue weighted by Crippen LogP contribution is -2.25. The highest BCUT2D eigenvalue weighted by atomic mass is 79.9. The first kappa shape index (κ1) is 16.9. The lowest BCUT2D eigenvalue weighted by atomic mass is 9.91. The quantitative estimate of drug-likeness (QED) is 0.596. The molecule has 1 aliphatic heterocycles. The number of carbonyl (C=O) groups excluding carboxylic acids is 1. The van der Waals surface area contributed by atoms with Crippen LogP contribution in [0, 0.1) is 11.3 Å². The standard InChI is InChI=1S/C16H15BrN4O2S/c1-16(9-4-3-5-10(17)6-9)7-12(15(22)23-16)19-13-11(8-18)14(24-2)21-20-13/h3-6,12H,7H2,1-2H3,(H2,19,20,21). The van der Waals surface area contributed by atoms with Crippen molar-refractivity contribution in [2.75, 3.05) is 11.6 Å². The number of ether oxygens (including phenoxy) is 1. The predicted octanol–water partition coefficient (Wildman–Crippen LogP) is 3.41. The summed E-state index contributed by atoms with van der Waals surface area (Å²) in [7, 11) is 0. The van der Waals surface area contributed by atoms with Crippen LogP contribution in [0.25, 0.3) is 0 Å². The Morgan fingerprint density at radius 1 is 1.58 bits per heavy atom. The van der Waals surface area contributed by atoms with E-state index < -0.39 is 11.6 Å². The van der Waals surface area contributed by atoms with Gasteiger partial charge in [-0.1, -0.05) is 28.1 Å². The van der Waals surface area contributed by atoms with Crippen LogP contribution in [0.4, 0.5) is 5.82 Å². The second-order valence-corrected chi connectivity index (χ2v) is 7.37. The summed E-state index contributed by atoms with van der Waals surface area (Å²) in [4.78, 5) is 12.3. The highest BCUT2D eigenvalue weighted by Gasteiger charge is 2.45. The fourth-order valence-electron chi connectivity index (χ4n) is 2.77. The van der Waals surface area contributed by atoms with Crippen molar-refractivity contribution in [3.8, 4) is 6.07 Å². The number of hydrogen-bond donors (Lipinski definition) is 2. The highest BCUT2D eigenvalue weighted by molar-refractivity contribution is 9.10. The number of esters is 1. The number of rotatable bonds is 4. The number of hydrogen-bond acceptors (Lipinski definition) is 6. The third kappa shape index (κ3) is 3.01. The van der Waals surface area contributed by atoms with Crippen LogP contribution >= 0.6 is 27.7 Å². The van der Waals surface area contributed by atoms with Crippen LogP contribution in [-0.2, 0) is 15.1 Å². The number of aromatic nitrogens is 2. The number of nitrogens with zero attached hydrogens (tertiary/aromatic N) is 2. The number of aromatic amines is 1. The Labute approximate surface area is 152 Å². The first-order chi connectivity index (χ1) is 11.5. The van der Waals surface area contributed by atoms with Gasteiger partial charge in [0.05, 0.1) is 0 Å². The molecule has 2 heterocycles. The molecule has 0 bridgehead atoms. The normalized spacial score (nSPS) is 22.9. The first-order valence-corrected chi connectivity index (χ1v) is 9.26. The van der Waals surface area contributed by atoms with Crippen molar-refractivity contribution in [1.29, 1.82) is 5.26 Å². The summed E-state index contributed by atoms with van der Waals surface area (Å²) in [5.74, 6) is 0.101. The zero-order valence-corrected chi connectivity index (χ0v) is 15.5. The molecule has 0 spiro atoms. The van der Waals surface area contributed by atoms with Crippen LogP contribution in [0.2, 0.25) is 0 Å². The molecule has 3 rings (SSSR count). The third-order valence-electron chi connectivity index (χ3n) is 4.00. The summed E-state index contributed by atoms with van der Waals surface area (Å²) >= 11 is 4.81. The van der Waals surface area contributed by atoms with E-state index >= 15 is 0 Å². The molecule has 0 amide bonds. The van der Waals surface area contributed by atoms with Crippen LogP contribution in [0.1, 0.15) is 24.5 Å². The Hall–Kier alpha value is -1.98. The first-order valence-electron chi connectivity index (χ1n) is 7.25. The van der Waals surface area contributed by atoms with Gasteiger partial charge in [-0.25, -0.2) is 4.79 Å². The van der Waals surface area contributed by atoms with E-state index in [4.69, 9.17) is 4.74 Å². The van der Waals surface area contributed by atoms with Gasteiger partial charge in [0, 0.05) is 10.9 Å². The van der Waals surface area contributed by atoms with Gasteiger partial charge in [-0.2, -0.15) is 10.4 Å². The zero-order chi connectivity index (χ0) is 17.3. The summed E-state index contributed by atoms with van der Waals surface area (Å²) in [5, 5.41) is 19.8. The van der Waals surface area contributed by atoms with Crippen LogP contribution in [0.5, 0.6) is 0 Å². The topological polar surface area (TPSA) is 90.8 Å². The molecular weight excluding hydrogens is 392 g/mol. The van der Waals surface area contributed by atoms with Gasteiger partial charge in [0.2, 0.25) is 0 Å². The predicted molar refractivity (Wildman–Crippen MR) is 94.7 cm³/mol. The molecule has 24 heavy (non-hydrogen) atoms. The highest BCUT2D eigenvalue weighted by Crippen LogP contribution is 2.38. The van der Waals surface area contributed by atoms with E-state index in [0.717, 1.165) is 10.0 Å². The third-order valence-corrected chi connectivity index (χ3v) is 5.17. The number of benzene rings is 1.